The summed E-state index contributed by atoms with van der Waals surface area (Å²) in [6, 6.07) is 12.5. The number of aliphatic hydroxyl groups is 1. The Morgan fingerprint density at radius 2 is 1.68 bits per heavy atom. The van der Waals surface area contributed by atoms with E-state index < -0.39 is 47.6 Å². The van der Waals surface area contributed by atoms with Gasteiger partial charge in [0.05, 0.1) is 12.1 Å². The molecule has 2 unspecified atom stereocenters. The van der Waals surface area contributed by atoms with Gasteiger partial charge in [0.2, 0.25) is 0 Å². The summed E-state index contributed by atoms with van der Waals surface area (Å²) in [5, 5.41) is 25.2. The number of ketones is 1. The van der Waals surface area contributed by atoms with Crippen molar-refractivity contribution in [1.29, 1.82) is 0 Å². The van der Waals surface area contributed by atoms with Crippen molar-refractivity contribution in [3.05, 3.63) is 48.0 Å². The van der Waals surface area contributed by atoms with E-state index in [9.17, 15) is 24.6 Å². The molecule has 0 aliphatic rings. The maximum atomic E-state index is 12.9. The predicted molar refractivity (Wildman–Crippen MR) is 130 cm³/mol. The molecule has 0 aromatic heterocycles. The van der Waals surface area contributed by atoms with Gasteiger partial charge >= 0.3 is 12.1 Å². The van der Waals surface area contributed by atoms with Gasteiger partial charge in [0, 0.05) is 6.42 Å². The van der Waals surface area contributed by atoms with Crippen LogP contribution in [0, 0.1) is 5.92 Å². The maximum absolute atomic E-state index is 12.9. The van der Waals surface area contributed by atoms with Crippen molar-refractivity contribution in [2.75, 3.05) is 0 Å². The van der Waals surface area contributed by atoms with Gasteiger partial charge in [-0.25, -0.2) is 9.59 Å². The van der Waals surface area contributed by atoms with Crippen LogP contribution >= 0.6 is 0 Å². The number of nitrogens with one attached hydrogen (secondary N) is 1. The number of carbonyl (C=O) groups is 3. The summed E-state index contributed by atoms with van der Waals surface area (Å²) >= 11 is 0. The second-order valence-electron chi connectivity index (χ2n) is 10.2. The molecule has 0 saturated heterocycles. The van der Waals surface area contributed by atoms with E-state index in [1.54, 1.807) is 34.6 Å². The van der Waals surface area contributed by atoms with Gasteiger partial charge in [-0.2, -0.15) is 0 Å². The molecule has 0 aliphatic heterocycles. The standard InChI is InChI=1S/C26H36N2O6/c1-16(2)15-26(27,23(31)32)22(30)14-21(29)20(28-24(33)34-25(3,4)5)13-18-11-8-10-17-9-6-7-12-19(17)18/h6-12,16,20-21,29H,13-15,27H2,1-5H3,(H,28,33)(H,31,32)/t20?,21?,26-/m1/s1. The number of Topliss-reactive ketones (excluding diaryl/α,β-unsaturated/α-hetero) is 1. The van der Waals surface area contributed by atoms with Crippen LogP contribution in [0.25, 0.3) is 10.8 Å². The van der Waals surface area contributed by atoms with Crippen LogP contribution in [0.5, 0.6) is 0 Å². The summed E-state index contributed by atoms with van der Waals surface area (Å²) in [5.74, 6) is -2.38. The molecule has 8 nitrogen and oxygen atoms in total. The molecule has 0 aliphatic carbocycles. The average molecular weight is 473 g/mol. The van der Waals surface area contributed by atoms with Gasteiger partial charge in [0.25, 0.3) is 0 Å². The van der Waals surface area contributed by atoms with E-state index in [0.29, 0.717) is 0 Å². The normalized spacial score (nSPS) is 15.4. The number of alkyl carbamates (subject to hydrolysis) is 1. The topological polar surface area (TPSA) is 139 Å². The van der Waals surface area contributed by atoms with Gasteiger partial charge in [0.15, 0.2) is 11.3 Å². The molecule has 1 amide bonds. The first-order valence-corrected chi connectivity index (χ1v) is 11.4. The first kappa shape index (κ1) is 27.3. The molecule has 0 spiro atoms. The van der Waals surface area contributed by atoms with Crippen molar-refractivity contribution < 1.29 is 29.3 Å². The summed E-state index contributed by atoms with van der Waals surface area (Å²) in [5.41, 5.74) is 3.94. The summed E-state index contributed by atoms with van der Waals surface area (Å²) in [4.78, 5) is 37.2. The minimum Gasteiger partial charge on any atom is -0.480 e. The third-order valence-electron chi connectivity index (χ3n) is 5.49. The third-order valence-corrected chi connectivity index (χ3v) is 5.49. The highest BCUT2D eigenvalue weighted by Gasteiger charge is 2.43. The number of amides is 1. The van der Waals surface area contributed by atoms with Crippen molar-refractivity contribution in [2.24, 2.45) is 11.7 Å². The van der Waals surface area contributed by atoms with Crippen LogP contribution < -0.4 is 11.1 Å². The molecule has 0 radical (unpaired) electrons. The Balaban J connectivity index is 2.33. The molecule has 2 aromatic rings. The van der Waals surface area contributed by atoms with Crippen molar-refractivity contribution >= 4 is 28.6 Å². The molecule has 5 N–H and O–H groups in total. The lowest BCUT2D eigenvalue weighted by Gasteiger charge is -2.30. The first-order chi connectivity index (χ1) is 15.7. The molecule has 2 aromatic carbocycles. The van der Waals surface area contributed by atoms with Gasteiger partial charge in [-0.05, 0) is 55.9 Å². The molecule has 3 atom stereocenters. The van der Waals surface area contributed by atoms with Gasteiger partial charge in [-0.1, -0.05) is 56.3 Å². The van der Waals surface area contributed by atoms with E-state index in [1.807, 2.05) is 42.5 Å². The lowest BCUT2D eigenvalue weighted by atomic mass is 9.82. The van der Waals surface area contributed by atoms with E-state index in [4.69, 9.17) is 10.5 Å². The van der Waals surface area contributed by atoms with Crippen molar-refractivity contribution in [2.45, 2.75) is 77.2 Å². The average Bonchev–Trinajstić information content (AvgIpc) is 2.71. The SMILES string of the molecule is CC(C)C[C@](N)(C(=O)O)C(=O)CC(O)C(Cc1cccc2ccccc12)NC(=O)OC(C)(C)C. The second kappa shape index (κ2) is 11.0. The number of hydrogen-bond donors (Lipinski definition) is 4. The fourth-order valence-electron chi connectivity index (χ4n) is 3.93. The number of benzene rings is 2. The number of nitrogens with two attached hydrogens (primary N) is 1. The molecular formula is C26H36N2O6. The number of carboxylic acids is 1. The summed E-state index contributed by atoms with van der Waals surface area (Å²) in [7, 11) is 0. The van der Waals surface area contributed by atoms with E-state index in [2.05, 4.69) is 5.32 Å². The smallest absolute Gasteiger partial charge is 0.407 e. The molecule has 2 rings (SSSR count). The Morgan fingerprint density at radius 1 is 1.06 bits per heavy atom. The Hall–Kier alpha value is -2.97. The molecule has 0 heterocycles. The first-order valence-electron chi connectivity index (χ1n) is 11.4. The fraction of sp³-hybridized carbons (Fsp3) is 0.500. The quantitative estimate of drug-likeness (QED) is 0.389. The maximum Gasteiger partial charge on any atom is 0.407 e. The lowest BCUT2D eigenvalue weighted by Crippen LogP contribution is -2.57. The molecular weight excluding hydrogens is 436 g/mol. The molecule has 0 saturated carbocycles. The summed E-state index contributed by atoms with van der Waals surface area (Å²) in [6.07, 6.45) is -2.52. The predicted octanol–water partition coefficient (Wildman–Crippen LogP) is 3.42. The number of fused-ring (bicyclic) bond motifs is 1. The molecule has 0 fully saturated rings. The Morgan fingerprint density at radius 3 is 2.26 bits per heavy atom. The number of hydrogen-bond acceptors (Lipinski definition) is 6. The van der Waals surface area contributed by atoms with E-state index in [-0.39, 0.29) is 18.8 Å². The largest absolute Gasteiger partial charge is 0.480 e. The zero-order valence-corrected chi connectivity index (χ0v) is 20.5. The number of rotatable bonds is 10. The van der Waals surface area contributed by atoms with Crippen LogP contribution in [0.3, 0.4) is 0 Å². The number of carboxylic acid groups (broad SMARTS) is 1. The van der Waals surface area contributed by atoms with E-state index in [1.165, 1.54) is 0 Å². The van der Waals surface area contributed by atoms with E-state index >= 15 is 0 Å². The molecule has 0 bridgehead atoms. The minimum absolute atomic E-state index is 0.0681. The fourth-order valence-corrected chi connectivity index (χ4v) is 3.93. The van der Waals surface area contributed by atoms with Crippen LogP contribution in [-0.2, 0) is 20.7 Å². The van der Waals surface area contributed by atoms with Crippen molar-refractivity contribution in [1.82, 2.24) is 5.32 Å². The van der Waals surface area contributed by atoms with Gasteiger partial charge in [-0.3, -0.25) is 4.79 Å². The van der Waals surface area contributed by atoms with Gasteiger partial charge in [-0.15, -0.1) is 0 Å². The minimum atomic E-state index is -2.12. The van der Waals surface area contributed by atoms with Crippen LogP contribution in [0.15, 0.2) is 42.5 Å². The Kier molecular flexibility index (Phi) is 8.80. The van der Waals surface area contributed by atoms with E-state index in [0.717, 1.165) is 16.3 Å². The Bertz CT molecular complexity index is 1020. The number of aliphatic hydroxyl groups excluding tert-OH is 1. The zero-order chi connectivity index (χ0) is 25.7. The molecule has 186 valence electrons. The summed E-state index contributed by atoms with van der Waals surface area (Å²) in [6.45, 7) is 8.68. The van der Waals surface area contributed by atoms with Crippen LogP contribution in [0.4, 0.5) is 4.79 Å². The number of carbonyl (C=O) groups excluding carboxylic acids is 2. The highest BCUT2D eigenvalue weighted by atomic mass is 16.6. The van der Waals surface area contributed by atoms with Crippen molar-refractivity contribution in [3.8, 4) is 0 Å². The third kappa shape index (κ3) is 7.27. The lowest BCUT2D eigenvalue weighted by molar-refractivity contribution is -0.149. The highest BCUT2D eigenvalue weighted by molar-refractivity contribution is 6.07. The number of ether oxygens (including phenoxy) is 1. The van der Waals surface area contributed by atoms with Crippen LogP contribution in [-0.4, -0.2) is 51.3 Å². The van der Waals surface area contributed by atoms with Gasteiger partial charge < -0.3 is 26.0 Å². The number of aliphatic carboxylic acids is 1. The molecule has 8 heteroatoms. The molecule has 34 heavy (non-hydrogen) atoms. The highest BCUT2D eigenvalue weighted by Crippen LogP contribution is 2.23. The van der Waals surface area contributed by atoms with Crippen molar-refractivity contribution in [3.63, 3.8) is 0 Å². The van der Waals surface area contributed by atoms with Crippen LogP contribution in [0.2, 0.25) is 0 Å². The summed E-state index contributed by atoms with van der Waals surface area (Å²) < 4.78 is 5.34. The second-order valence-corrected chi connectivity index (χ2v) is 10.2. The zero-order valence-electron chi connectivity index (χ0n) is 20.5. The monoisotopic (exact) mass is 472 g/mol. The van der Waals surface area contributed by atoms with Gasteiger partial charge in [0.1, 0.15) is 5.60 Å². The Labute approximate surface area is 200 Å². The van der Waals surface area contributed by atoms with Crippen LogP contribution in [0.1, 0.15) is 53.0 Å².